The van der Waals surface area contributed by atoms with Gasteiger partial charge in [-0.3, -0.25) is 0 Å². The van der Waals surface area contributed by atoms with Gasteiger partial charge in [-0.25, -0.2) is 0 Å². The molecule has 0 heterocycles. The fourth-order valence-corrected chi connectivity index (χ4v) is 5.01. The van der Waals surface area contributed by atoms with Crippen molar-refractivity contribution in [2.75, 3.05) is 6.61 Å². The van der Waals surface area contributed by atoms with Crippen LogP contribution in [0.5, 0.6) is 0 Å². The number of aliphatic hydroxyl groups is 1. The quantitative estimate of drug-likeness (QED) is 0.602. The Kier molecular flexibility index (Phi) is 1.54. The molecule has 3 aliphatic carbocycles. The smallest absolute Gasteiger partial charge is 0.0431 e. The molecule has 2 bridgehead atoms. The average molecular weight is 252 g/mol. The number of alkyl halides is 1. The lowest BCUT2D eigenvalue weighted by atomic mass is 9.43. The van der Waals surface area contributed by atoms with E-state index in [1.165, 1.54) is 25.7 Å². The lowest BCUT2D eigenvalue weighted by molar-refractivity contribution is -0.0730. The van der Waals surface area contributed by atoms with E-state index in [4.69, 9.17) is 5.11 Å². The zero-order chi connectivity index (χ0) is 7.24. The third-order valence-electron chi connectivity index (χ3n) is 2.94. The van der Waals surface area contributed by atoms with Crippen molar-refractivity contribution in [3.8, 4) is 0 Å². The van der Waals surface area contributed by atoms with E-state index in [2.05, 4.69) is 22.6 Å². The van der Waals surface area contributed by atoms with Crippen LogP contribution in [0.3, 0.4) is 0 Å². The summed E-state index contributed by atoms with van der Waals surface area (Å²) in [6.45, 7) is 0.385. The molecule has 0 radical (unpaired) electrons. The number of rotatable bonds is 3. The van der Waals surface area contributed by atoms with Crippen LogP contribution in [-0.4, -0.2) is 15.1 Å². The first kappa shape index (κ1) is 7.35. The second-order valence-corrected chi connectivity index (χ2v) is 6.30. The molecule has 0 aromatic heterocycles. The van der Waals surface area contributed by atoms with Gasteiger partial charge in [0.1, 0.15) is 0 Å². The van der Waals surface area contributed by atoms with Gasteiger partial charge in [-0.1, -0.05) is 22.6 Å². The van der Waals surface area contributed by atoms with E-state index in [1.54, 1.807) is 0 Å². The number of aliphatic hydroxyl groups excluding tert-OH is 1. The first-order valence-corrected chi connectivity index (χ1v) is 5.06. The largest absolute Gasteiger partial charge is 0.396 e. The van der Waals surface area contributed by atoms with Crippen LogP contribution < -0.4 is 0 Å². The maximum Gasteiger partial charge on any atom is 0.0431 e. The molecule has 0 saturated heterocycles. The molecule has 0 spiro atoms. The molecule has 10 heavy (non-hydrogen) atoms. The Morgan fingerprint density at radius 3 is 2.30 bits per heavy atom. The van der Waals surface area contributed by atoms with Crippen molar-refractivity contribution in [2.45, 2.75) is 35.5 Å². The summed E-state index contributed by atoms with van der Waals surface area (Å²) in [5.74, 6) is 0. The van der Waals surface area contributed by atoms with Gasteiger partial charge in [0.05, 0.1) is 0 Å². The zero-order valence-electron chi connectivity index (χ0n) is 6.07. The van der Waals surface area contributed by atoms with Crippen LogP contribution in [0.4, 0.5) is 0 Å². The maximum absolute atomic E-state index is 8.63. The number of hydrogen-bond acceptors (Lipinski definition) is 1. The Morgan fingerprint density at radius 1 is 1.30 bits per heavy atom. The summed E-state index contributed by atoms with van der Waals surface area (Å²) in [4.78, 5) is 0. The molecule has 0 aliphatic heterocycles. The molecule has 3 rings (SSSR count). The predicted molar refractivity (Wildman–Crippen MR) is 49.4 cm³/mol. The number of hydrogen-bond donors (Lipinski definition) is 1. The Hall–Kier alpha value is 0.690. The molecule has 0 amide bonds. The highest BCUT2D eigenvalue weighted by molar-refractivity contribution is 14.1. The Bertz CT molecular complexity index is 136. The van der Waals surface area contributed by atoms with Crippen LogP contribution in [0, 0.1) is 5.41 Å². The molecule has 58 valence electrons. The van der Waals surface area contributed by atoms with Gasteiger partial charge < -0.3 is 5.11 Å². The molecule has 0 aromatic carbocycles. The van der Waals surface area contributed by atoms with Gasteiger partial charge in [0.15, 0.2) is 0 Å². The summed E-state index contributed by atoms with van der Waals surface area (Å²) in [7, 11) is 0. The highest BCUT2D eigenvalue weighted by atomic mass is 127. The second kappa shape index (κ2) is 2.09. The molecular weight excluding hydrogens is 239 g/mol. The van der Waals surface area contributed by atoms with E-state index in [0.29, 0.717) is 15.4 Å². The Balaban J connectivity index is 1.77. The second-order valence-electron chi connectivity index (χ2n) is 4.01. The van der Waals surface area contributed by atoms with Gasteiger partial charge >= 0.3 is 0 Å². The van der Waals surface area contributed by atoms with Crippen LogP contribution in [0.1, 0.15) is 32.1 Å². The van der Waals surface area contributed by atoms with Crippen molar-refractivity contribution in [1.29, 1.82) is 0 Å². The highest BCUT2D eigenvalue weighted by Crippen LogP contribution is 2.73. The van der Waals surface area contributed by atoms with E-state index in [-0.39, 0.29) is 0 Å². The predicted octanol–water partition coefficient (Wildman–Crippen LogP) is 2.12. The third-order valence-corrected chi connectivity index (χ3v) is 4.08. The van der Waals surface area contributed by atoms with Crippen LogP contribution in [0.2, 0.25) is 0 Å². The molecule has 1 nitrogen and oxygen atoms in total. The number of halogens is 1. The summed E-state index contributed by atoms with van der Waals surface area (Å²) in [6.07, 6.45) is 6.59. The van der Waals surface area contributed by atoms with Gasteiger partial charge in [0.25, 0.3) is 0 Å². The molecule has 0 unspecified atom stereocenters. The van der Waals surface area contributed by atoms with E-state index in [0.717, 1.165) is 6.42 Å². The summed E-state index contributed by atoms with van der Waals surface area (Å²) >= 11 is 2.59. The van der Waals surface area contributed by atoms with Crippen molar-refractivity contribution in [3.63, 3.8) is 0 Å². The van der Waals surface area contributed by atoms with E-state index < -0.39 is 0 Å². The minimum atomic E-state index is 0.385. The minimum absolute atomic E-state index is 0.385. The lowest BCUT2D eigenvalue weighted by Crippen LogP contribution is -2.62. The molecular formula is C8H13IO. The van der Waals surface area contributed by atoms with Crippen LogP contribution in [0.15, 0.2) is 0 Å². The molecule has 3 aliphatic rings. The van der Waals surface area contributed by atoms with Crippen molar-refractivity contribution in [3.05, 3.63) is 0 Å². The van der Waals surface area contributed by atoms with Crippen molar-refractivity contribution in [2.24, 2.45) is 5.41 Å². The topological polar surface area (TPSA) is 20.2 Å². The lowest BCUT2D eigenvalue weighted by Gasteiger charge is -2.68. The average Bonchev–Trinajstić information content (AvgIpc) is 1.75. The molecule has 1 N–H and O–H groups in total. The van der Waals surface area contributed by atoms with Crippen molar-refractivity contribution >= 4 is 22.6 Å². The van der Waals surface area contributed by atoms with Gasteiger partial charge in [-0.2, -0.15) is 0 Å². The summed E-state index contributed by atoms with van der Waals surface area (Å²) in [6, 6.07) is 0. The Morgan fingerprint density at radius 2 is 1.90 bits per heavy atom. The minimum Gasteiger partial charge on any atom is -0.396 e. The molecule has 0 atom stereocenters. The summed E-state index contributed by atoms with van der Waals surface area (Å²) in [5.41, 5.74) is 0.712. The van der Waals surface area contributed by atoms with Gasteiger partial charge in [-0.15, -0.1) is 0 Å². The normalized spacial score (nSPS) is 49.8. The van der Waals surface area contributed by atoms with E-state index in [1.807, 2.05) is 0 Å². The van der Waals surface area contributed by atoms with Crippen molar-refractivity contribution < 1.29 is 5.11 Å². The summed E-state index contributed by atoms with van der Waals surface area (Å²) in [5, 5.41) is 8.63. The Labute approximate surface area is 75.3 Å². The fraction of sp³-hybridized carbons (Fsp3) is 1.00. The fourth-order valence-electron chi connectivity index (χ4n) is 2.58. The third kappa shape index (κ3) is 0.916. The highest BCUT2D eigenvalue weighted by Gasteiger charge is 2.65. The first-order chi connectivity index (χ1) is 4.68. The zero-order valence-corrected chi connectivity index (χ0v) is 8.23. The van der Waals surface area contributed by atoms with Crippen molar-refractivity contribution in [1.82, 2.24) is 0 Å². The van der Waals surface area contributed by atoms with Crippen LogP contribution in [-0.2, 0) is 0 Å². The van der Waals surface area contributed by atoms with Crippen LogP contribution in [0.25, 0.3) is 0 Å². The molecule has 3 saturated carbocycles. The van der Waals surface area contributed by atoms with Gasteiger partial charge in [0.2, 0.25) is 0 Å². The van der Waals surface area contributed by atoms with Crippen LogP contribution >= 0.6 is 22.6 Å². The van der Waals surface area contributed by atoms with Gasteiger partial charge in [-0.05, 0) is 37.5 Å². The molecule has 3 fully saturated rings. The standard InChI is InChI=1S/C8H13IO/c9-8-4-7(5-8,6-8)2-1-3-10/h10H,1-6H2. The van der Waals surface area contributed by atoms with E-state index in [9.17, 15) is 0 Å². The summed E-state index contributed by atoms with van der Waals surface area (Å²) < 4.78 is 0.715. The molecule has 2 heteroatoms. The van der Waals surface area contributed by atoms with E-state index >= 15 is 0 Å². The SMILES string of the molecule is OCCCC12CC(I)(C1)C2. The monoisotopic (exact) mass is 252 g/mol. The molecule has 0 aromatic rings. The van der Waals surface area contributed by atoms with Gasteiger partial charge in [0, 0.05) is 10.0 Å². The first-order valence-electron chi connectivity index (χ1n) is 3.98. The maximum atomic E-state index is 8.63.